The van der Waals surface area contributed by atoms with E-state index < -0.39 is 23.8 Å². The molecule has 2 fully saturated rings. The zero-order valence-corrected chi connectivity index (χ0v) is 19.5. The summed E-state index contributed by atoms with van der Waals surface area (Å²) in [6, 6.07) is 4.83. The van der Waals surface area contributed by atoms with E-state index in [2.05, 4.69) is 24.1 Å². The van der Waals surface area contributed by atoms with E-state index in [0.29, 0.717) is 42.1 Å². The van der Waals surface area contributed by atoms with E-state index in [1.165, 1.54) is 6.42 Å². The SMILES string of the molecule is CC1CCC(N(CCCN)Cc2cccc3c2C(=O)N(C2CCC(=O)NC2=O)C3=O)CC1C. The van der Waals surface area contributed by atoms with Crippen LogP contribution in [0.1, 0.15) is 78.7 Å². The van der Waals surface area contributed by atoms with Crippen molar-refractivity contribution in [2.75, 3.05) is 13.1 Å². The maximum absolute atomic E-state index is 13.4. The number of nitrogens with two attached hydrogens (primary N) is 1. The molecule has 4 atom stereocenters. The smallest absolute Gasteiger partial charge is 0.262 e. The first-order chi connectivity index (χ1) is 15.8. The van der Waals surface area contributed by atoms with Crippen molar-refractivity contribution in [1.82, 2.24) is 15.1 Å². The van der Waals surface area contributed by atoms with Crippen LogP contribution in [0.3, 0.4) is 0 Å². The highest BCUT2D eigenvalue weighted by Crippen LogP contribution is 2.35. The number of imide groups is 2. The maximum atomic E-state index is 13.4. The van der Waals surface area contributed by atoms with E-state index in [9.17, 15) is 19.2 Å². The summed E-state index contributed by atoms with van der Waals surface area (Å²) in [5, 5.41) is 2.25. The van der Waals surface area contributed by atoms with Crippen LogP contribution in [-0.2, 0) is 16.1 Å². The number of fused-ring (bicyclic) bond motifs is 1. The molecule has 8 heteroatoms. The van der Waals surface area contributed by atoms with Gasteiger partial charge in [0, 0.05) is 19.0 Å². The zero-order chi connectivity index (χ0) is 23.7. The predicted molar refractivity (Wildman–Crippen MR) is 123 cm³/mol. The molecule has 0 bridgehead atoms. The third kappa shape index (κ3) is 4.59. The second kappa shape index (κ2) is 9.73. The summed E-state index contributed by atoms with van der Waals surface area (Å²) in [4.78, 5) is 53.9. The van der Waals surface area contributed by atoms with Crippen molar-refractivity contribution in [3.05, 3.63) is 34.9 Å². The number of nitrogens with zero attached hydrogens (tertiary/aromatic N) is 2. The summed E-state index contributed by atoms with van der Waals surface area (Å²) >= 11 is 0. The van der Waals surface area contributed by atoms with Crippen LogP contribution in [0.2, 0.25) is 0 Å². The average Bonchev–Trinajstić information content (AvgIpc) is 3.04. The first-order valence-corrected chi connectivity index (χ1v) is 12.1. The van der Waals surface area contributed by atoms with Crippen molar-refractivity contribution in [1.29, 1.82) is 0 Å². The molecule has 1 saturated heterocycles. The minimum atomic E-state index is -0.947. The molecule has 2 aliphatic heterocycles. The molecule has 1 aromatic carbocycles. The summed E-state index contributed by atoms with van der Waals surface area (Å²) < 4.78 is 0. The maximum Gasteiger partial charge on any atom is 0.262 e. The summed E-state index contributed by atoms with van der Waals surface area (Å²) in [5.41, 5.74) is 7.35. The highest BCUT2D eigenvalue weighted by atomic mass is 16.2. The molecule has 3 N–H and O–H groups in total. The monoisotopic (exact) mass is 454 g/mol. The zero-order valence-electron chi connectivity index (χ0n) is 19.5. The Morgan fingerprint density at radius 3 is 2.55 bits per heavy atom. The standard InChI is InChI=1S/C25H34N4O4/c1-15-7-8-18(13-16(15)2)28(12-4-11-26)14-17-5-3-6-19-22(17)25(33)29(24(19)32)20-9-10-21(30)27-23(20)31/h3,5-6,15-16,18,20H,4,7-14,26H2,1-2H3,(H,27,30,31). The van der Waals surface area contributed by atoms with Crippen LogP contribution in [0.5, 0.6) is 0 Å². The number of carbonyl (C=O) groups is 4. The van der Waals surface area contributed by atoms with E-state index in [1.807, 2.05) is 6.07 Å². The van der Waals surface area contributed by atoms with Gasteiger partial charge in [0.25, 0.3) is 11.8 Å². The Morgan fingerprint density at radius 2 is 1.85 bits per heavy atom. The molecule has 33 heavy (non-hydrogen) atoms. The first kappa shape index (κ1) is 23.6. The van der Waals surface area contributed by atoms with Crippen molar-refractivity contribution in [2.45, 2.75) is 71.0 Å². The molecule has 0 radical (unpaired) electrons. The molecule has 0 spiro atoms. The molecule has 4 rings (SSSR count). The number of hydrogen-bond donors (Lipinski definition) is 2. The van der Waals surface area contributed by atoms with Gasteiger partial charge in [-0.3, -0.25) is 34.3 Å². The summed E-state index contributed by atoms with van der Waals surface area (Å²) in [5.74, 6) is -0.515. The lowest BCUT2D eigenvalue weighted by Gasteiger charge is -2.39. The Labute approximate surface area is 194 Å². The second-order valence-corrected chi connectivity index (χ2v) is 9.82. The Bertz CT molecular complexity index is 962. The van der Waals surface area contributed by atoms with Crippen molar-refractivity contribution in [3.8, 4) is 0 Å². The number of amides is 4. The van der Waals surface area contributed by atoms with E-state index in [0.717, 1.165) is 36.3 Å². The van der Waals surface area contributed by atoms with Gasteiger partial charge in [0.15, 0.2) is 0 Å². The predicted octanol–water partition coefficient (Wildman–Crippen LogP) is 2.06. The summed E-state index contributed by atoms with van der Waals surface area (Å²) in [6.45, 7) is 6.62. The van der Waals surface area contributed by atoms with E-state index in [-0.39, 0.29) is 18.7 Å². The van der Waals surface area contributed by atoms with Gasteiger partial charge >= 0.3 is 0 Å². The molecule has 3 aliphatic rings. The van der Waals surface area contributed by atoms with Gasteiger partial charge in [0.05, 0.1) is 11.1 Å². The molecular weight excluding hydrogens is 420 g/mol. The van der Waals surface area contributed by atoms with Gasteiger partial charge in [0.2, 0.25) is 11.8 Å². The second-order valence-electron chi connectivity index (χ2n) is 9.82. The fourth-order valence-electron chi connectivity index (χ4n) is 5.47. The quantitative estimate of drug-likeness (QED) is 0.610. The van der Waals surface area contributed by atoms with Crippen LogP contribution in [0, 0.1) is 11.8 Å². The van der Waals surface area contributed by atoms with Crippen LogP contribution in [-0.4, -0.2) is 58.6 Å². The van der Waals surface area contributed by atoms with E-state index >= 15 is 0 Å². The number of carbonyl (C=O) groups excluding carboxylic acids is 4. The van der Waals surface area contributed by atoms with Gasteiger partial charge in [-0.1, -0.05) is 26.0 Å². The minimum absolute atomic E-state index is 0.113. The number of rotatable bonds is 7. The molecule has 0 aromatic heterocycles. The topological polar surface area (TPSA) is 113 Å². The molecule has 1 aliphatic carbocycles. The minimum Gasteiger partial charge on any atom is -0.330 e. The lowest BCUT2D eigenvalue weighted by atomic mass is 9.78. The van der Waals surface area contributed by atoms with Crippen molar-refractivity contribution in [2.24, 2.45) is 17.6 Å². The first-order valence-electron chi connectivity index (χ1n) is 12.1. The molecule has 4 amide bonds. The third-order valence-corrected chi connectivity index (χ3v) is 7.66. The average molecular weight is 455 g/mol. The fraction of sp³-hybridized carbons (Fsp3) is 0.600. The molecule has 1 aromatic rings. The largest absolute Gasteiger partial charge is 0.330 e. The van der Waals surface area contributed by atoms with Crippen LogP contribution >= 0.6 is 0 Å². The Hall–Kier alpha value is -2.58. The van der Waals surface area contributed by atoms with Crippen molar-refractivity contribution in [3.63, 3.8) is 0 Å². The van der Waals surface area contributed by atoms with E-state index in [4.69, 9.17) is 5.73 Å². The number of benzene rings is 1. The summed E-state index contributed by atoms with van der Waals surface area (Å²) in [6.07, 6.45) is 4.54. The van der Waals surface area contributed by atoms with Gasteiger partial charge in [-0.2, -0.15) is 0 Å². The fourth-order valence-corrected chi connectivity index (χ4v) is 5.47. The molecular formula is C25H34N4O4. The van der Waals surface area contributed by atoms with Gasteiger partial charge in [-0.15, -0.1) is 0 Å². The molecule has 4 unspecified atom stereocenters. The van der Waals surface area contributed by atoms with Crippen molar-refractivity contribution < 1.29 is 19.2 Å². The number of hydrogen-bond acceptors (Lipinski definition) is 6. The molecule has 1 saturated carbocycles. The molecule has 178 valence electrons. The number of nitrogens with one attached hydrogen (secondary N) is 1. The van der Waals surface area contributed by atoms with Gasteiger partial charge in [0.1, 0.15) is 6.04 Å². The highest BCUT2D eigenvalue weighted by Gasteiger charge is 2.45. The molecule has 2 heterocycles. The highest BCUT2D eigenvalue weighted by molar-refractivity contribution is 6.24. The third-order valence-electron chi connectivity index (χ3n) is 7.66. The Morgan fingerprint density at radius 1 is 1.06 bits per heavy atom. The van der Waals surface area contributed by atoms with Crippen LogP contribution in [0.25, 0.3) is 0 Å². The lowest BCUT2D eigenvalue weighted by Crippen LogP contribution is -2.54. The lowest BCUT2D eigenvalue weighted by molar-refractivity contribution is -0.136. The Balaban J connectivity index is 1.59. The van der Waals surface area contributed by atoms with Gasteiger partial charge in [-0.05, 0) is 68.7 Å². The Kier molecular flexibility index (Phi) is 6.95. The van der Waals surface area contributed by atoms with E-state index in [1.54, 1.807) is 12.1 Å². The number of piperidine rings is 1. The van der Waals surface area contributed by atoms with Crippen molar-refractivity contribution >= 4 is 23.6 Å². The van der Waals surface area contributed by atoms with Gasteiger partial charge < -0.3 is 5.73 Å². The summed E-state index contributed by atoms with van der Waals surface area (Å²) in [7, 11) is 0. The van der Waals surface area contributed by atoms with Crippen LogP contribution < -0.4 is 11.1 Å². The molecule has 8 nitrogen and oxygen atoms in total. The van der Waals surface area contributed by atoms with Gasteiger partial charge in [-0.25, -0.2) is 0 Å². The van der Waals surface area contributed by atoms with Crippen LogP contribution in [0.4, 0.5) is 0 Å². The normalized spacial score (nSPS) is 27.8. The van der Waals surface area contributed by atoms with Crippen LogP contribution in [0.15, 0.2) is 18.2 Å².